The lowest BCUT2D eigenvalue weighted by atomic mass is 10.2. The lowest BCUT2D eigenvalue weighted by molar-refractivity contribution is 0.0466. The smallest absolute Gasteiger partial charge is 0.305 e. The molecule has 0 saturated heterocycles. The maximum Gasteiger partial charge on any atom is 0.472 e. The fourth-order valence-corrected chi connectivity index (χ4v) is 2.97. The van der Waals surface area contributed by atoms with Gasteiger partial charge in [0.1, 0.15) is 0 Å². The van der Waals surface area contributed by atoms with Crippen molar-refractivity contribution in [3.05, 3.63) is 0 Å². The van der Waals surface area contributed by atoms with E-state index < -0.39 is 13.4 Å². The second-order valence-electron chi connectivity index (χ2n) is 7.24. The zero-order chi connectivity index (χ0) is 18.3. The molecule has 1 N–H and O–H groups in total. The van der Waals surface area contributed by atoms with Crippen molar-refractivity contribution in [1.29, 1.82) is 0 Å². The van der Waals surface area contributed by atoms with E-state index in [1.165, 1.54) is 0 Å². The van der Waals surface area contributed by atoms with E-state index in [0.717, 1.165) is 26.2 Å². The van der Waals surface area contributed by atoms with E-state index in [2.05, 4.69) is 23.8 Å². The molecular formula is C15H36N3O4P. The first-order valence-corrected chi connectivity index (χ1v) is 9.57. The van der Waals surface area contributed by atoms with Crippen LogP contribution in [0.3, 0.4) is 0 Å². The van der Waals surface area contributed by atoms with Crippen molar-refractivity contribution in [2.75, 3.05) is 61.0 Å². The Hall–Kier alpha value is -0.0100. The molecular weight excluding hydrogens is 317 g/mol. The van der Waals surface area contributed by atoms with Crippen LogP contribution >= 0.6 is 7.82 Å². The molecule has 0 saturated carbocycles. The third-order valence-corrected chi connectivity index (χ3v) is 4.73. The summed E-state index contributed by atoms with van der Waals surface area (Å²) in [4.78, 5) is 16.2. The molecule has 0 aromatic heterocycles. The van der Waals surface area contributed by atoms with Gasteiger partial charge in [-0.2, -0.15) is 0 Å². The number of phosphoric acid groups is 1. The van der Waals surface area contributed by atoms with Gasteiger partial charge in [-0.15, -0.1) is 0 Å². The summed E-state index contributed by atoms with van der Waals surface area (Å²) in [5.41, 5.74) is -0.723. The van der Waals surface area contributed by atoms with E-state index in [0.29, 0.717) is 0 Å². The van der Waals surface area contributed by atoms with Crippen LogP contribution in [0.15, 0.2) is 0 Å². The van der Waals surface area contributed by atoms with Gasteiger partial charge in [0.25, 0.3) is 0 Å². The highest BCUT2D eigenvalue weighted by Crippen LogP contribution is 2.47. The van der Waals surface area contributed by atoms with E-state index in [-0.39, 0.29) is 12.6 Å². The predicted molar refractivity (Wildman–Crippen MR) is 94.8 cm³/mol. The van der Waals surface area contributed by atoms with Crippen LogP contribution in [-0.2, 0) is 13.6 Å². The van der Waals surface area contributed by atoms with Gasteiger partial charge in [-0.1, -0.05) is 6.92 Å². The van der Waals surface area contributed by atoms with Gasteiger partial charge in [-0.3, -0.25) is 9.05 Å². The quantitative estimate of drug-likeness (QED) is 0.568. The van der Waals surface area contributed by atoms with Gasteiger partial charge in [0.15, 0.2) is 0 Å². The monoisotopic (exact) mass is 353 g/mol. The average Bonchev–Trinajstić information content (AvgIpc) is 2.37. The van der Waals surface area contributed by atoms with Crippen LogP contribution < -0.4 is 0 Å². The SMILES string of the molecule is CCN(C)CCN(C)CC(COP(=O)(O)OC(C)(C)C)N(C)C. The molecule has 0 heterocycles. The highest BCUT2D eigenvalue weighted by atomic mass is 31.2. The van der Waals surface area contributed by atoms with Crippen LogP contribution in [0.5, 0.6) is 0 Å². The highest BCUT2D eigenvalue weighted by Gasteiger charge is 2.30. The Morgan fingerprint density at radius 2 is 1.61 bits per heavy atom. The molecule has 0 aliphatic carbocycles. The van der Waals surface area contributed by atoms with Crippen LogP contribution in [0.2, 0.25) is 0 Å². The van der Waals surface area contributed by atoms with Gasteiger partial charge < -0.3 is 19.6 Å². The van der Waals surface area contributed by atoms with Crippen LogP contribution in [0.1, 0.15) is 27.7 Å². The zero-order valence-electron chi connectivity index (χ0n) is 16.1. The Bertz CT molecular complexity index is 374. The first-order chi connectivity index (χ1) is 10.4. The average molecular weight is 353 g/mol. The molecule has 0 bridgehead atoms. The van der Waals surface area contributed by atoms with Gasteiger partial charge in [0, 0.05) is 25.7 Å². The van der Waals surface area contributed by atoms with E-state index in [9.17, 15) is 9.46 Å². The summed E-state index contributed by atoms with van der Waals surface area (Å²) in [7, 11) is 3.97. The first-order valence-electron chi connectivity index (χ1n) is 8.08. The summed E-state index contributed by atoms with van der Waals surface area (Å²) in [6, 6.07) is 0.0102. The van der Waals surface area contributed by atoms with Crippen LogP contribution in [0, 0.1) is 0 Å². The fraction of sp³-hybridized carbons (Fsp3) is 1.00. The normalized spacial score (nSPS) is 17.0. The number of rotatable bonds is 11. The molecule has 0 spiro atoms. The molecule has 140 valence electrons. The molecule has 0 rings (SSSR count). The Morgan fingerprint density at radius 1 is 1.09 bits per heavy atom. The minimum absolute atomic E-state index is 0.0102. The molecule has 0 fully saturated rings. The van der Waals surface area contributed by atoms with Crippen molar-refractivity contribution in [2.45, 2.75) is 39.3 Å². The molecule has 7 nitrogen and oxygen atoms in total. The summed E-state index contributed by atoms with van der Waals surface area (Å²) < 4.78 is 22.3. The van der Waals surface area contributed by atoms with Gasteiger partial charge in [-0.05, 0) is 55.5 Å². The zero-order valence-corrected chi connectivity index (χ0v) is 17.0. The fourth-order valence-electron chi connectivity index (χ4n) is 1.87. The second-order valence-corrected chi connectivity index (χ2v) is 8.62. The standard InChI is InChI=1S/C15H36N3O4P/c1-9-17(7)10-11-18(8)12-14(16(5)6)13-21-23(19,20)22-15(2,3)4/h14H,9-13H2,1-8H3,(H,19,20). The molecule has 0 aliphatic heterocycles. The number of hydrogen-bond donors (Lipinski definition) is 1. The molecule has 0 aliphatic rings. The third kappa shape index (κ3) is 12.1. The molecule has 23 heavy (non-hydrogen) atoms. The summed E-state index contributed by atoms with van der Waals surface area (Å²) in [5, 5.41) is 0. The van der Waals surface area contributed by atoms with E-state index >= 15 is 0 Å². The van der Waals surface area contributed by atoms with Gasteiger partial charge in [0.2, 0.25) is 0 Å². The van der Waals surface area contributed by atoms with Gasteiger partial charge in [-0.25, -0.2) is 4.57 Å². The van der Waals surface area contributed by atoms with Crippen LogP contribution in [0.25, 0.3) is 0 Å². The molecule has 8 heteroatoms. The molecule has 2 atom stereocenters. The first kappa shape index (κ1) is 23.0. The van der Waals surface area contributed by atoms with Gasteiger partial charge in [0.05, 0.1) is 12.2 Å². The number of hydrogen-bond acceptors (Lipinski definition) is 6. The highest BCUT2D eigenvalue weighted by molar-refractivity contribution is 7.47. The van der Waals surface area contributed by atoms with E-state index in [1.54, 1.807) is 20.8 Å². The lowest BCUT2D eigenvalue weighted by Crippen LogP contribution is -2.43. The lowest BCUT2D eigenvalue weighted by Gasteiger charge is -2.31. The number of nitrogens with zero attached hydrogens (tertiary/aromatic N) is 3. The third-order valence-electron chi connectivity index (χ3n) is 3.48. The second kappa shape index (κ2) is 10.1. The summed E-state index contributed by atoms with van der Waals surface area (Å²) in [6.45, 7) is 11.1. The summed E-state index contributed by atoms with van der Waals surface area (Å²) >= 11 is 0. The largest absolute Gasteiger partial charge is 0.472 e. The van der Waals surface area contributed by atoms with E-state index in [1.807, 2.05) is 26.0 Å². The van der Waals surface area contributed by atoms with Gasteiger partial charge >= 0.3 is 7.82 Å². The van der Waals surface area contributed by atoms with Crippen molar-refractivity contribution in [2.24, 2.45) is 0 Å². The molecule has 0 amide bonds. The predicted octanol–water partition coefficient (Wildman–Crippen LogP) is 1.73. The van der Waals surface area contributed by atoms with Crippen LogP contribution in [0.4, 0.5) is 0 Å². The molecule has 0 aromatic carbocycles. The number of phosphoric ester groups is 1. The summed E-state index contributed by atoms with van der Waals surface area (Å²) in [5.74, 6) is 0. The van der Waals surface area contributed by atoms with Crippen molar-refractivity contribution >= 4 is 7.82 Å². The molecule has 2 unspecified atom stereocenters. The number of likely N-dealkylation sites (N-methyl/N-ethyl adjacent to an activating group) is 3. The van der Waals surface area contributed by atoms with E-state index in [4.69, 9.17) is 9.05 Å². The minimum atomic E-state index is -4.04. The Labute approximate surface area is 142 Å². The summed E-state index contributed by atoms with van der Waals surface area (Å²) in [6.07, 6.45) is 0. The van der Waals surface area contributed by atoms with Crippen molar-refractivity contribution in [3.63, 3.8) is 0 Å². The van der Waals surface area contributed by atoms with Crippen molar-refractivity contribution in [3.8, 4) is 0 Å². The van der Waals surface area contributed by atoms with Crippen molar-refractivity contribution in [1.82, 2.24) is 14.7 Å². The Balaban J connectivity index is 4.44. The van der Waals surface area contributed by atoms with Crippen molar-refractivity contribution < 1.29 is 18.5 Å². The van der Waals surface area contributed by atoms with Crippen LogP contribution in [-0.4, -0.2) is 92.2 Å². The molecule has 0 aromatic rings. The Morgan fingerprint density at radius 3 is 2.04 bits per heavy atom. The minimum Gasteiger partial charge on any atom is -0.305 e. The maximum absolute atomic E-state index is 12.0. The Kier molecular flexibility index (Phi) is 10.1. The molecule has 0 radical (unpaired) electrons. The maximum atomic E-state index is 12.0. The topological polar surface area (TPSA) is 65.5 Å².